The first-order chi connectivity index (χ1) is 5.09. The number of nitrogens with two attached hydrogens (primary N) is 1. The highest BCUT2D eigenvalue weighted by Gasteiger charge is 2.47. The van der Waals surface area contributed by atoms with Crippen LogP contribution >= 0.6 is 0 Å². The van der Waals surface area contributed by atoms with Gasteiger partial charge in [0, 0.05) is 12.6 Å². The summed E-state index contributed by atoms with van der Waals surface area (Å²) in [5, 5.41) is 5.03. The summed E-state index contributed by atoms with van der Waals surface area (Å²) in [5.74, 6) is 0.613. The van der Waals surface area contributed by atoms with Crippen LogP contribution in [0.1, 0.15) is 19.3 Å². The molecule has 11 heavy (non-hydrogen) atoms. The van der Waals surface area contributed by atoms with E-state index in [9.17, 15) is 8.42 Å². The molecule has 1 aliphatic carbocycles. The van der Waals surface area contributed by atoms with Gasteiger partial charge < -0.3 is 0 Å². The molecule has 0 radical (unpaired) electrons. The molecule has 0 amide bonds. The van der Waals surface area contributed by atoms with Crippen LogP contribution in [0.4, 0.5) is 0 Å². The van der Waals surface area contributed by atoms with E-state index in [0.29, 0.717) is 12.5 Å². The number of piperidine rings is 1. The van der Waals surface area contributed by atoms with Gasteiger partial charge in [-0.1, -0.05) is 0 Å². The molecule has 2 fully saturated rings. The van der Waals surface area contributed by atoms with E-state index in [1.54, 1.807) is 0 Å². The van der Waals surface area contributed by atoms with Gasteiger partial charge in [-0.25, -0.2) is 5.14 Å². The van der Waals surface area contributed by atoms with E-state index in [1.165, 1.54) is 10.7 Å². The van der Waals surface area contributed by atoms with Gasteiger partial charge in [0.2, 0.25) is 0 Å². The molecule has 2 rings (SSSR count). The Morgan fingerprint density at radius 3 is 2.73 bits per heavy atom. The van der Waals surface area contributed by atoms with Crippen LogP contribution in [0.25, 0.3) is 0 Å². The molecular weight excluding hydrogens is 164 g/mol. The molecule has 0 aromatic rings. The van der Waals surface area contributed by atoms with Crippen LogP contribution in [-0.4, -0.2) is 25.3 Å². The fourth-order valence-electron chi connectivity index (χ4n) is 1.89. The third-order valence-corrected chi connectivity index (χ3v) is 3.64. The molecule has 5 heteroatoms. The zero-order valence-corrected chi connectivity index (χ0v) is 7.05. The first-order valence-corrected chi connectivity index (χ1v) is 5.39. The molecule has 2 aliphatic rings. The van der Waals surface area contributed by atoms with E-state index >= 15 is 0 Å². The lowest BCUT2D eigenvalue weighted by atomic mass is 10.2. The highest BCUT2D eigenvalue weighted by Crippen LogP contribution is 2.43. The Kier molecular flexibility index (Phi) is 1.49. The predicted octanol–water partition coefficient (Wildman–Crippen LogP) is -0.326. The van der Waals surface area contributed by atoms with Gasteiger partial charge in [-0.05, 0) is 25.2 Å². The molecular formula is C6H12N2O2S. The van der Waals surface area contributed by atoms with E-state index in [2.05, 4.69) is 0 Å². The molecule has 1 aliphatic heterocycles. The molecule has 0 bridgehead atoms. The second kappa shape index (κ2) is 2.18. The van der Waals surface area contributed by atoms with Crippen molar-refractivity contribution in [3.8, 4) is 0 Å². The van der Waals surface area contributed by atoms with Crippen molar-refractivity contribution >= 4 is 10.2 Å². The van der Waals surface area contributed by atoms with E-state index in [0.717, 1.165) is 12.8 Å². The first kappa shape index (κ1) is 7.52. The van der Waals surface area contributed by atoms with Gasteiger partial charge in [0.15, 0.2) is 0 Å². The van der Waals surface area contributed by atoms with Gasteiger partial charge in [0.25, 0.3) is 10.2 Å². The molecule has 2 atom stereocenters. The summed E-state index contributed by atoms with van der Waals surface area (Å²) in [4.78, 5) is 0. The average molecular weight is 176 g/mol. The zero-order valence-electron chi connectivity index (χ0n) is 6.23. The van der Waals surface area contributed by atoms with Crippen molar-refractivity contribution < 1.29 is 8.42 Å². The molecule has 2 unspecified atom stereocenters. The maximum Gasteiger partial charge on any atom is 0.277 e. The predicted molar refractivity (Wildman–Crippen MR) is 40.9 cm³/mol. The lowest BCUT2D eigenvalue weighted by Gasteiger charge is -2.22. The molecule has 0 aromatic heterocycles. The van der Waals surface area contributed by atoms with Gasteiger partial charge in [-0.15, -0.1) is 0 Å². The second-order valence-electron chi connectivity index (χ2n) is 3.36. The molecule has 1 saturated heterocycles. The Balaban J connectivity index is 2.15. The van der Waals surface area contributed by atoms with Crippen LogP contribution in [0.5, 0.6) is 0 Å². The smallest absolute Gasteiger partial charge is 0.216 e. The summed E-state index contributed by atoms with van der Waals surface area (Å²) in [6, 6.07) is 0.249. The van der Waals surface area contributed by atoms with Crippen molar-refractivity contribution in [1.82, 2.24) is 4.31 Å². The highest BCUT2D eigenvalue weighted by molar-refractivity contribution is 7.86. The third kappa shape index (κ3) is 1.28. The van der Waals surface area contributed by atoms with Crippen molar-refractivity contribution in [2.75, 3.05) is 6.54 Å². The van der Waals surface area contributed by atoms with Crippen LogP contribution in [0.2, 0.25) is 0 Å². The third-order valence-electron chi connectivity index (χ3n) is 2.54. The normalized spacial score (nSPS) is 38.3. The van der Waals surface area contributed by atoms with E-state index in [-0.39, 0.29) is 6.04 Å². The number of nitrogens with zero attached hydrogens (tertiary/aromatic N) is 1. The van der Waals surface area contributed by atoms with Crippen molar-refractivity contribution in [1.29, 1.82) is 0 Å². The van der Waals surface area contributed by atoms with Gasteiger partial charge in [0.05, 0.1) is 0 Å². The van der Waals surface area contributed by atoms with Crippen molar-refractivity contribution in [2.24, 2.45) is 11.1 Å². The maximum absolute atomic E-state index is 10.9. The second-order valence-corrected chi connectivity index (χ2v) is 4.86. The Hall–Kier alpha value is -0.130. The van der Waals surface area contributed by atoms with Crippen molar-refractivity contribution in [3.05, 3.63) is 0 Å². The summed E-state index contributed by atoms with van der Waals surface area (Å²) in [5.41, 5.74) is 0. The summed E-state index contributed by atoms with van der Waals surface area (Å²) < 4.78 is 23.3. The summed E-state index contributed by atoms with van der Waals surface area (Å²) in [7, 11) is -3.40. The van der Waals surface area contributed by atoms with Crippen LogP contribution < -0.4 is 5.14 Å². The monoisotopic (exact) mass is 176 g/mol. The minimum Gasteiger partial charge on any atom is -0.216 e. The van der Waals surface area contributed by atoms with Gasteiger partial charge in [-0.3, -0.25) is 0 Å². The molecule has 0 spiro atoms. The lowest BCUT2D eigenvalue weighted by molar-refractivity contribution is 0.335. The van der Waals surface area contributed by atoms with Crippen LogP contribution in [0.3, 0.4) is 0 Å². The SMILES string of the molecule is NS(=O)(=O)N1CCCC2CC21. The maximum atomic E-state index is 10.9. The van der Waals surface area contributed by atoms with Gasteiger partial charge in [0.1, 0.15) is 0 Å². The Morgan fingerprint density at radius 1 is 1.45 bits per heavy atom. The quantitative estimate of drug-likeness (QED) is 0.595. The Bertz CT molecular complexity index is 262. The zero-order chi connectivity index (χ0) is 8.06. The summed E-state index contributed by atoms with van der Waals surface area (Å²) in [6.07, 6.45) is 3.17. The lowest BCUT2D eigenvalue weighted by Crippen LogP contribution is -2.41. The van der Waals surface area contributed by atoms with E-state index in [1.807, 2.05) is 0 Å². The minimum atomic E-state index is -3.40. The standard InChI is InChI=1S/C6H12N2O2S/c7-11(9,10)8-3-1-2-5-4-6(5)8/h5-6H,1-4H2,(H2,7,9,10). The molecule has 1 saturated carbocycles. The number of hydrogen-bond donors (Lipinski definition) is 1. The molecule has 0 aromatic carbocycles. The molecule has 4 nitrogen and oxygen atoms in total. The fraction of sp³-hybridized carbons (Fsp3) is 1.00. The largest absolute Gasteiger partial charge is 0.277 e. The number of fused-ring (bicyclic) bond motifs is 1. The van der Waals surface area contributed by atoms with Crippen LogP contribution in [0.15, 0.2) is 0 Å². The van der Waals surface area contributed by atoms with Crippen LogP contribution in [-0.2, 0) is 10.2 Å². The fourth-order valence-corrected chi connectivity index (χ4v) is 2.90. The van der Waals surface area contributed by atoms with Crippen LogP contribution in [0, 0.1) is 5.92 Å². The Labute approximate surface area is 66.5 Å². The average Bonchev–Trinajstić information content (AvgIpc) is 2.60. The van der Waals surface area contributed by atoms with E-state index < -0.39 is 10.2 Å². The first-order valence-electron chi connectivity index (χ1n) is 3.88. The van der Waals surface area contributed by atoms with Crippen molar-refractivity contribution in [2.45, 2.75) is 25.3 Å². The van der Waals surface area contributed by atoms with Gasteiger partial charge in [-0.2, -0.15) is 12.7 Å². The number of rotatable bonds is 1. The topological polar surface area (TPSA) is 63.4 Å². The van der Waals surface area contributed by atoms with Gasteiger partial charge >= 0.3 is 0 Å². The molecule has 64 valence electrons. The molecule has 1 heterocycles. The Morgan fingerprint density at radius 2 is 2.18 bits per heavy atom. The summed E-state index contributed by atoms with van der Waals surface area (Å²) >= 11 is 0. The highest BCUT2D eigenvalue weighted by atomic mass is 32.2. The molecule has 2 N–H and O–H groups in total. The van der Waals surface area contributed by atoms with E-state index in [4.69, 9.17) is 5.14 Å². The minimum absolute atomic E-state index is 0.249. The summed E-state index contributed by atoms with van der Waals surface area (Å²) in [6.45, 7) is 0.625. The van der Waals surface area contributed by atoms with Crippen molar-refractivity contribution in [3.63, 3.8) is 0 Å². The number of hydrogen-bond acceptors (Lipinski definition) is 2.